The van der Waals surface area contributed by atoms with Gasteiger partial charge in [0, 0.05) is 40.4 Å². The summed E-state index contributed by atoms with van der Waals surface area (Å²) in [5, 5.41) is 3.04. The van der Waals surface area contributed by atoms with Crippen molar-refractivity contribution in [2.24, 2.45) is 10.4 Å². The first-order chi connectivity index (χ1) is 19.1. The van der Waals surface area contributed by atoms with E-state index < -0.39 is 0 Å². The number of halogens is 2. The number of aromatic nitrogens is 1. The maximum atomic E-state index is 5.86. The summed E-state index contributed by atoms with van der Waals surface area (Å²) in [4.78, 5) is 12.0. The van der Waals surface area contributed by atoms with Crippen LogP contribution in [0.4, 0.5) is 11.4 Å². The Morgan fingerprint density at radius 3 is 2.27 bits per heavy atom. The Morgan fingerprint density at radius 2 is 1.57 bits per heavy atom. The molecule has 40 heavy (non-hydrogen) atoms. The number of anilines is 1. The Hall–Kier alpha value is -2.67. The summed E-state index contributed by atoms with van der Waals surface area (Å²) in [7, 11) is 0. The van der Waals surface area contributed by atoms with Crippen molar-refractivity contribution in [2.45, 2.75) is 51.6 Å². The Balaban J connectivity index is 0.00000323. The second-order valence-electron chi connectivity index (χ2n) is 10.8. The fourth-order valence-corrected chi connectivity index (χ4v) is 6.84. The largest absolute Gasteiger partial charge is 0.486 e. The SMILES string of the molecule is Brc1ccc(OCc2nc(-c3ccc(N=Cc4ccc(N5CCC6(CCCCC6)CC5)cc4)cc3)cs2)cc1.Cl. The molecule has 2 fully saturated rings. The highest BCUT2D eigenvalue weighted by atomic mass is 79.9. The van der Waals surface area contributed by atoms with Gasteiger partial charge >= 0.3 is 0 Å². The molecule has 0 unspecified atom stereocenters. The molecule has 1 saturated heterocycles. The van der Waals surface area contributed by atoms with Crippen molar-refractivity contribution >= 4 is 57.3 Å². The molecule has 0 radical (unpaired) electrons. The lowest BCUT2D eigenvalue weighted by molar-refractivity contribution is 0.144. The molecule has 208 valence electrons. The van der Waals surface area contributed by atoms with E-state index in [4.69, 9.17) is 14.7 Å². The normalized spacial score (nSPS) is 16.7. The van der Waals surface area contributed by atoms with Gasteiger partial charge in [-0.3, -0.25) is 4.99 Å². The number of hydrogen-bond donors (Lipinski definition) is 0. The first kappa shape index (κ1) is 28.8. The van der Waals surface area contributed by atoms with E-state index in [9.17, 15) is 0 Å². The van der Waals surface area contributed by atoms with Crippen molar-refractivity contribution in [3.05, 3.63) is 93.2 Å². The van der Waals surface area contributed by atoms with Gasteiger partial charge in [-0.05, 0) is 85.2 Å². The molecule has 2 aliphatic rings. The van der Waals surface area contributed by atoms with E-state index in [1.54, 1.807) is 11.3 Å². The minimum absolute atomic E-state index is 0. The zero-order valence-electron chi connectivity index (χ0n) is 22.6. The van der Waals surface area contributed by atoms with Crippen LogP contribution in [0.25, 0.3) is 11.3 Å². The van der Waals surface area contributed by atoms with E-state index in [0.717, 1.165) is 37.7 Å². The van der Waals surface area contributed by atoms with Crippen LogP contribution < -0.4 is 9.64 Å². The first-order valence-corrected chi connectivity index (χ1v) is 15.6. The van der Waals surface area contributed by atoms with Gasteiger partial charge in [-0.15, -0.1) is 23.7 Å². The van der Waals surface area contributed by atoms with E-state index in [1.165, 1.54) is 63.7 Å². The summed E-state index contributed by atoms with van der Waals surface area (Å²) < 4.78 is 6.90. The molecule has 3 aromatic carbocycles. The van der Waals surface area contributed by atoms with Crippen molar-refractivity contribution in [3.8, 4) is 17.0 Å². The summed E-state index contributed by atoms with van der Waals surface area (Å²) in [6.07, 6.45) is 11.9. The molecule has 1 aliphatic carbocycles. The van der Waals surface area contributed by atoms with Crippen molar-refractivity contribution in [2.75, 3.05) is 18.0 Å². The maximum Gasteiger partial charge on any atom is 0.140 e. The van der Waals surface area contributed by atoms with E-state index in [2.05, 4.69) is 62.6 Å². The number of nitrogens with zero attached hydrogens (tertiary/aromatic N) is 3. The molecular weight excluding hydrogens is 602 g/mol. The predicted octanol–water partition coefficient (Wildman–Crippen LogP) is 9.87. The highest BCUT2D eigenvalue weighted by molar-refractivity contribution is 9.10. The van der Waals surface area contributed by atoms with Crippen LogP contribution in [0.3, 0.4) is 0 Å². The molecule has 4 nitrogen and oxygen atoms in total. The lowest BCUT2D eigenvalue weighted by Crippen LogP contribution is -2.41. The third kappa shape index (κ3) is 7.15. The summed E-state index contributed by atoms with van der Waals surface area (Å²) >= 11 is 5.06. The summed E-state index contributed by atoms with van der Waals surface area (Å²) in [5.74, 6) is 0.839. The molecule has 1 spiro atoms. The minimum Gasteiger partial charge on any atom is -0.486 e. The zero-order valence-corrected chi connectivity index (χ0v) is 25.8. The first-order valence-electron chi connectivity index (χ1n) is 14.0. The van der Waals surface area contributed by atoms with Crippen LogP contribution >= 0.6 is 39.7 Å². The zero-order chi connectivity index (χ0) is 26.5. The average Bonchev–Trinajstić information content (AvgIpc) is 3.46. The van der Waals surface area contributed by atoms with Crippen LogP contribution in [0.1, 0.15) is 55.5 Å². The molecule has 0 amide bonds. The second kappa shape index (κ2) is 13.3. The highest BCUT2D eigenvalue weighted by Crippen LogP contribution is 2.45. The summed E-state index contributed by atoms with van der Waals surface area (Å²) in [6, 6.07) is 25.0. The van der Waals surface area contributed by atoms with Gasteiger partial charge < -0.3 is 9.64 Å². The van der Waals surface area contributed by atoms with Gasteiger partial charge in [0.05, 0.1) is 11.4 Å². The predicted molar refractivity (Wildman–Crippen MR) is 174 cm³/mol. The maximum absolute atomic E-state index is 5.86. The monoisotopic (exact) mass is 635 g/mol. The van der Waals surface area contributed by atoms with Crippen LogP contribution in [0, 0.1) is 5.41 Å². The number of aliphatic imine (C=N–C) groups is 1. The van der Waals surface area contributed by atoms with E-state index in [0.29, 0.717) is 12.0 Å². The molecular formula is C33H35BrClN3OS. The van der Waals surface area contributed by atoms with E-state index in [-0.39, 0.29) is 12.4 Å². The lowest BCUT2D eigenvalue weighted by atomic mass is 9.68. The number of benzene rings is 3. The number of hydrogen-bond acceptors (Lipinski definition) is 5. The third-order valence-electron chi connectivity index (χ3n) is 8.25. The van der Waals surface area contributed by atoms with Crippen LogP contribution in [0.15, 0.2) is 87.6 Å². The Bertz CT molecular complexity index is 1390. The van der Waals surface area contributed by atoms with Crippen molar-refractivity contribution in [3.63, 3.8) is 0 Å². The van der Waals surface area contributed by atoms with Crippen molar-refractivity contribution in [1.82, 2.24) is 4.98 Å². The summed E-state index contributed by atoms with van der Waals surface area (Å²) in [5.41, 5.74) is 6.10. The molecule has 1 saturated carbocycles. The van der Waals surface area contributed by atoms with Gasteiger partial charge in [0.25, 0.3) is 0 Å². The molecule has 1 aromatic heterocycles. The van der Waals surface area contributed by atoms with E-state index in [1.807, 2.05) is 42.6 Å². The fourth-order valence-electron chi connectivity index (χ4n) is 5.87. The van der Waals surface area contributed by atoms with Crippen molar-refractivity contribution < 1.29 is 4.74 Å². The van der Waals surface area contributed by atoms with Crippen LogP contribution in [0.5, 0.6) is 5.75 Å². The smallest absolute Gasteiger partial charge is 0.140 e. The molecule has 2 heterocycles. The van der Waals surface area contributed by atoms with Gasteiger partial charge in [0.15, 0.2) is 0 Å². The number of piperidine rings is 1. The van der Waals surface area contributed by atoms with Gasteiger partial charge in [-0.2, -0.15) is 0 Å². The number of ether oxygens (including phenoxy) is 1. The molecule has 6 rings (SSSR count). The number of thiazole rings is 1. The molecule has 0 N–H and O–H groups in total. The van der Waals surface area contributed by atoms with Gasteiger partial charge in [-0.1, -0.05) is 59.5 Å². The van der Waals surface area contributed by atoms with Crippen LogP contribution in [-0.2, 0) is 6.61 Å². The Labute approximate surface area is 256 Å². The standard InChI is InChI=1S/C33H34BrN3OS.ClH/c34-27-8-14-30(15-9-27)38-23-32-36-31(24-39-32)26-6-10-28(11-7-26)35-22-25-4-12-29(13-5-25)37-20-18-33(19-21-37)16-2-1-3-17-33;/h4-15,22,24H,1-3,16-21,23H2;1H. The van der Waals surface area contributed by atoms with Gasteiger partial charge in [0.1, 0.15) is 17.4 Å². The van der Waals surface area contributed by atoms with Gasteiger partial charge in [-0.25, -0.2) is 4.98 Å². The van der Waals surface area contributed by atoms with Crippen LogP contribution in [0.2, 0.25) is 0 Å². The number of rotatable bonds is 7. The van der Waals surface area contributed by atoms with Crippen LogP contribution in [-0.4, -0.2) is 24.3 Å². The minimum atomic E-state index is 0. The van der Waals surface area contributed by atoms with Crippen molar-refractivity contribution in [1.29, 1.82) is 0 Å². The average molecular weight is 637 g/mol. The molecule has 0 atom stereocenters. The Kier molecular flexibility index (Phi) is 9.61. The third-order valence-corrected chi connectivity index (χ3v) is 9.60. The highest BCUT2D eigenvalue weighted by Gasteiger charge is 2.35. The molecule has 0 bridgehead atoms. The Morgan fingerprint density at radius 1 is 0.875 bits per heavy atom. The summed E-state index contributed by atoms with van der Waals surface area (Å²) in [6.45, 7) is 2.85. The quantitative estimate of drug-likeness (QED) is 0.190. The van der Waals surface area contributed by atoms with E-state index >= 15 is 0 Å². The molecule has 4 aromatic rings. The molecule has 7 heteroatoms. The molecule has 1 aliphatic heterocycles. The topological polar surface area (TPSA) is 37.7 Å². The fraction of sp³-hybridized carbons (Fsp3) is 0.333. The van der Waals surface area contributed by atoms with Gasteiger partial charge in [0.2, 0.25) is 0 Å². The second-order valence-corrected chi connectivity index (χ2v) is 12.7. The lowest BCUT2D eigenvalue weighted by Gasteiger charge is -2.45.